The van der Waals surface area contributed by atoms with Crippen LogP contribution in [0.3, 0.4) is 0 Å². The topological polar surface area (TPSA) is 40.9 Å². The van der Waals surface area contributed by atoms with Crippen molar-refractivity contribution in [3.05, 3.63) is 0 Å². The zero-order chi connectivity index (χ0) is 18.4. The van der Waals surface area contributed by atoms with Crippen molar-refractivity contribution >= 4 is 35.8 Å². The first-order chi connectivity index (χ1) is 10.6. The van der Waals surface area contributed by atoms with Crippen LogP contribution in [0.4, 0.5) is 0 Å². The molecule has 0 aromatic carbocycles. The largest absolute Gasteiger partial charge is 0.348 e. The van der Waals surface area contributed by atoms with Gasteiger partial charge in [-0.25, -0.2) is 4.31 Å². The van der Waals surface area contributed by atoms with E-state index in [2.05, 4.69) is 65.7 Å². The van der Waals surface area contributed by atoms with Crippen LogP contribution in [-0.2, 0) is 0 Å². The summed E-state index contributed by atoms with van der Waals surface area (Å²) in [4.78, 5) is 13.0. The predicted molar refractivity (Wildman–Crippen MR) is 109 cm³/mol. The Hall–Kier alpha value is -0.670. The zero-order valence-corrected chi connectivity index (χ0v) is 18.7. The van der Waals surface area contributed by atoms with Crippen molar-refractivity contribution in [2.45, 2.75) is 13.8 Å². The van der Waals surface area contributed by atoms with Crippen molar-refractivity contribution in [3.8, 4) is 0 Å². The summed E-state index contributed by atoms with van der Waals surface area (Å²) in [5.74, 6) is 1.81. The predicted octanol–water partition coefficient (Wildman–Crippen LogP) is 2.15. The molecule has 0 saturated carbocycles. The maximum Gasteiger partial charge on any atom is 0.207 e. The number of nitrogens with zero attached hydrogens (tertiary/aromatic N) is 7. The van der Waals surface area contributed by atoms with Crippen LogP contribution in [0.2, 0.25) is 0 Å². The van der Waals surface area contributed by atoms with Gasteiger partial charge in [-0.15, -0.1) is 0 Å². The van der Waals surface area contributed by atoms with Gasteiger partial charge in [0.2, 0.25) is 11.9 Å². The number of guanidine groups is 2. The maximum absolute atomic E-state index is 4.47. The third-order valence-electron chi connectivity index (χ3n) is 3.49. The molecular formula is C14H34BrN7S. The highest BCUT2D eigenvalue weighted by Gasteiger charge is 2.40. The van der Waals surface area contributed by atoms with Crippen LogP contribution in [0, 0.1) is 0 Å². The molecular weight excluding hydrogens is 378 g/mol. The fraction of sp³-hybridized carbons (Fsp3) is 0.857. The van der Waals surface area contributed by atoms with Gasteiger partial charge in [0, 0.05) is 93.3 Å². The van der Waals surface area contributed by atoms with Crippen LogP contribution in [0.1, 0.15) is 13.8 Å². The molecule has 0 atom stereocenters. The van der Waals surface area contributed by atoms with E-state index in [1.165, 1.54) is 0 Å². The Balaban J connectivity index is 6.13. The Kier molecular flexibility index (Phi) is 9.30. The molecule has 0 aliphatic rings. The van der Waals surface area contributed by atoms with E-state index < -0.39 is 9.02 Å². The van der Waals surface area contributed by atoms with E-state index in [-0.39, 0.29) is 0 Å². The van der Waals surface area contributed by atoms with Gasteiger partial charge in [0.05, 0.1) is 0 Å². The normalized spacial score (nSPS) is 16.9. The molecule has 0 amide bonds. The van der Waals surface area contributed by atoms with Crippen LogP contribution in [0.15, 0.2) is 9.98 Å². The van der Waals surface area contributed by atoms with Gasteiger partial charge in [0.1, 0.15) is 0 Å². The Morgan fingerprint density at radius 1 is 0.783 bits per heavy atom. The van der Waals surface area contributed by atoms with Crippen LogP contribution in [0.25, 0.3) is 0 Å². The van der Waals surface area contributed by atoms with E-state index in [9.17, 15) is 0 Å². The first kappa shape index (κ1) is 22.3. The van der Waals surface area contributed by atoms with Crippen molar-refractivity contribution in [2.75, 3.05) is 69.5 Å². The second-order valence-corrected chi connectivity index (χ2v) is 10.5. The molecule has 0 rings (SSSR count). The summed E-state index contributed by atoms with van der Waals surface area (Å²) in [5.41, 5.74) is 0. The molecule has 0 aromatic heterocycles. The fourth-order valence-corrected chi connectivity index (χ4v) is 7.16. The average molecular weight is 412 g/mol. The standard InChI is InChI=1S/C14H34BrN7S/c1-11-22(12-2)23(15,20(9)13(16-3)18(5)6)21(10)14(17-4)19(7)8/h11-12H2,1-10H3. The minimum Gasteiger partial charge on any atom is -0.348 e. The summed E-state index contributed by atoms with van der Waals surface area (Å²) in [6, 6.07) is 0. The van der Waals surface area contributed by atoms with Gasteiger partial charge in [0.15, 0.2) is 0 Å². The van der Waals surface area contributed by atoms with Crippen molar-refractivity contribution in [3.63, 3.8) is 0 Å². The zero-order valence-electron chi connectivity index (χ0n) is 16.3. The maximum atomic E-state index is 4.47. The lowest BCUT2D eigenvalue weighted by Crippen LogP contribution is -2.52. The Bertz CT molecular complexity index is 391. The summed E-state index contributed by atoms with van der Waals surface area (Å²) in [7, 11) is 14.1. The van der Waals surface area contributed by atoms with Gasteiger partial charge in [-0.05, 0) is 0 Å². The van der Waals surface area contributed by atoms with E-state index in [1.54, 1.807) is 0 Å². The highest BCUT2D eigenvalue weighted by molar-refractivity contribution is 9.57. The highest BCUT2D eigenvalue weighted by Crippen LogP contribution is 2.63. The molecule has 0 aliphatic heterocycles. The van der Waals surface area contributed by atoms with E-state index >= 15 is 0 Å². The number of halogens is 1. The third-order valence-corrected chi connectivity index (χ3v) is 10.2. The van der Waals surface area contributed by atoms with Crippen molar-refractivity contribution in [1.29, 1.82) is 0 Å². The van der Waals surface area contributed by atoms with Crippen LogP contribution < -0.4 is 0 Å². The Labute approximate surface area is 151 Å². The van der Waals surface area contributed by atoms with E-state index in [1.807, 2.05) is 52.1 Å². The van der Waals surface area contributed by atoms with Crippen LogP contribution in [0.5, 0.6) is 0 Å². The van der Waals surface area contributed by atoms with Crippen molar-refractivity contribution in [1.82, 2.24) is 22.7 Å². The summed E-state index contributed by atoms with van der Waals surface area (Å²) in [6.07, 6.45) is 0. The summed E-state index contributed by atoms with van der Waals surface area (Å²) in [5, 5.41) is 0. The minimum absolute atomic E-state index is 0.907. The molecule has 0 radical (unpaired) electrons. The second kappa shape index (κ2) is 9.58. The highest BCUT2D eigenvalue weighted by atomic mass is 79.9. The van der Waals surface area contributed by atoms with Gasteiger partial charge in [0.25, 0.3) is 0 Å². The van der Waals surface area contributed by atoms with E-state index in [0.717, 1.165) is 25.0 Å². The van der Waals surface area contributed by atoms with Crippen molar-refractivity contribution in [2.24, 2.45) is 9.98 Å². The van der Waals surface area contributed by atoms with Gasteiger partial charge in [-0.2, -0.15) is 0 Å². The molecule has 0 aliphatic carbocycles. The summed E-state index contributed by atoms with van der Waals surface area (Å²) < 4.78 is 6.81. The smallest absolute Gasteiger partial charge is 0.207 e. The lowest BCUT2D eigenvalue weighted by Gasteiger charge is -2.55. The van der Waals surface area contributed by atoms with E-state index in [4.69, 9.17) is 0 Å². The molecule has 0 bridgehead atoms. The number of hydrogen-bond acceptors (Lipinski definition) is 3. The molecule has 0 N–H and O–H groups in total. The third kappa shape index (κ3) is 4.67. The van der Waals surface area contributed by atoms with Gasteiger partial charge >= 0.3 is 0 Å². The molecule has 138 valence electrons. The molecule has 0 unspecified atom stereocenters. The van der Waals surface area contributed by atoms with E-state index in [0.29, 0.717) is 0 Å². The second-order valence-electron chi connectivity index (χ2n) is 5.40. The average Bonchev–Trinajstić information content (AvgIpc) is 2.48. The molecule has 9 heteroatoms. The summed E-state index contributed by atoms with van der Waals surface area (Å²) >= 11 is 4.07. The molecule has 0 fully saturated rings. The lowest BCUT2D eigenvalue weighted by atomic mass is 10.7. The quantitative estimate of drug-likeness (QED) is 0.511. The van der Waals surface area contributed by atoms with Gasteiger partial charge in [-0.3, -0.25) is 18.6 Å². The molecule has 0 heterocycles. The SMILES string of the molecule is CCN(CC)S(Br)(N(C)C(=NC)N(C)C)N(C)C(=NC)N(C)C. The first-order valence-electron chi connectivity index (χ1n) is 7.67. The Morgan fingerprint density at radius 3 is 1.26 bits per heavy atom. The minimum atomic E-state index is -1.68. The van der Waals surface area contributed by atoms with Crippen LogP contribution >= 0.6 is 23.8 Å². The summed E-state index contributed by atoms with van der Waals surface area (Å²) in [6.45, 7) is 6.18. The number of hydrogen-bond donors (Lipinski definition) is 0. The molecule has 7 nitrogen and oxygen atoms in total. The number of aliphatic imine (C=N–C) groups is 2. The van der Waals surface area contributed by atoms with Crippen molar-refractivity contribution < 1.29 is 0 Å². The molecule has 0 aromatic rings. The fourth-order valence-electron chi connectivity index (χ4n) is 2.53. The number of rotatable bonds is 5. The first-order valence-corrected chi connectivity index (χ1v) is 11.0. The monoisotopic (exact) mass is 411 g/mol. The van der Waals surface area contributed by atoms with Gasteiger partial charge < -0.3 is 9.80 Å². The lowest BCUT2D eigenvalue weighted by molar-refractivity contribution is 0.444. The van der Waals surface area contributed by atoms with Crippen LogP contribution in [-0.4, -0.2) is 104 Å². The molecule has 0 saturated heterocycles. The Morgan fingerprint density at radius 2 is 1.09 bits per heavy atom. The molecule has 23 heavy (non-hydrogen) atoms. The van der Waals surface area contributed by atoms with Gasteiger partial charge in [-0.1, -0.05) is 13.8 Å². The molecule has 0 spiro atoms.